The van der Waals surface area contributed by atoms with Crippen LogP contribution in [0.2, 0.25) is 0 Å². The summed E-state index contributed by atoms with van der Waals surface area (Å²) < 4.78 is 43.5. The van der Waals surface area contributed by atoms with Gasteiger partial charge in [-0.15, -0.1) is 0 Å². The molecule has 0 spiro atoms. The fourth-order valence-corrected chi connectivity index (χ4v) is 14.8. The summed E-state index contributed by atoms with van der Waals surface area (Å²) in [6.45, 7) is 34.4. The summed E-state index contributed by atoms with van der Waals surface area (Å²) in [5.41, 5.74) is 5.24. The van der Waals surface area contributed by atoms with Crippen molar-refractivity contribution in [3.8, 4) is 0 Å². The minimum atomic E-state index is -4.27. The minimum absolute atomic E-state index is 0. The van der Waals surface area contributed by atoms with Crippen molar-refractivity contribution in [1.29, 1.82) is 0 Å². The van der Waals surface area contributed by atoms with Crippen molar-refractivity contribution in [3.63, 3.8) is 0 Å². The molecule has 0 aliphatic carbocycles. The lowest BCUT2D eigenvalue weighted by molar-refractivity contribution is -0.991. The van der Waals surface area contributed by atoms with Gasteiger partial charge in [0, 0.05) is 16.7 Å². The van der Waals surface area contributed by atoms with Crippen LogP contribution in [0, 0.1) is 13.8 Å². The van der Waals surface area contributed by atoms with E-state index >= 15 is 0 Å². The molecule has 16 aliphatic heterocycles. The number of nitrogens with zero attached hydrogens (tertiary/aromatic N) is 16. The Morgan fingerprint density at radius 1 is 0.377 bits per heavy atom. The maximum atomic E-state index is 13.0. The summed E-state index contributed by atoms with van der Waals surface area (Å²) in [5.74, 6) is 0. The lowest BCUT2D eigenvalue weighted by atomic mass is 10.0. The van der Waals surface area contributed by atoms with Crippen molar-refractivity contribution in [2.45, 2.75) is 47.1 Å². The SMILES string of the molecule is C.C[N+]12CN3CN(CN(C3)C1)C2.Cc1cc(C[N+]23CN4CN(CN(C4)C2)C3)cc(C(F)(F)F)c1.Cc1ccc(C[N+]23CN4CN(CN(C4)C2)C3)cc1.c1ccc(C[N+]23CN4CN(CN(C4)C2)C3)cc1. The quantitative estimate of drug-likeness (QED) is 0.341. The molecule has 69 heavy (non-hydrogen) atoms. The van der Waals surface area contributed by atoms with Crippen molar-refractivity contribution in [2.24, 2.45) is 0 Å². The van der Waals surface area contributed by atoms with Gasteiger partial charge in [0.1, 0.15) is 99.7 Å². The van der Waals surface area contributed by atoms with Crippen LogP contribution >= 0.6 is 0 Å². The highest BCUT2D eigenvalue weighted by Gasteiger charge is 2.51. The Kier molecular flexibility index (Phi) is 12.8. The van der Waals surface area contributed by atoms with Gasteiger partial charge in [-0.25, -0.2) is 58.8 Å². The predicted octanol–water partition coefficient (Wildman–Crippen LogP) is 3.48. The molecule has 0 atom stereocenters. The third-order valence-electron chi connectivity index (χ3n) is 15.9. The van der Waals surface area contributed by atoms with Gasteiger partial charge in [0.25, 0.3) is 0 Å². The van der Waals surface area contributed by atoms with Gasteiger partial charge in [-0.05, 0) is 26.0 Å². The van der Waals surface area contributed by atoms with Gasteiger partial charge in [-0.3, -0.25) is 17.9 Å². The Morgan fingerprint density at radius 2 is 0.681 bits per heavy atom. The van der Waals surface area contributed by atoms with Crippen LogP contribution in [0.5, 0.6) is 0 Å². The molecule has 0 aromatic heterocycles. The molecule has 0 amide bonds. The fourth-order valence-electron chi connectivity index (χ4n) is 14.8. The van der Waals surface area contributed by atoms with Crippen molar-refractivity contribution in [1.82, 2.24) is 58.8 Å². The standard InChI is InChI=1S/C15H20F3N4.C14H21N4.C13H19N4.C7H15N4.CH4/c1-12-2-13(4-14(3-12)15(16,17)18)5-22-9-19-6-20(10-22)8-21(7-19)11-22;1-13-2-4-14(5-3-13)6-18-10-15-7-16(11-18)9-17(8-15)12-18;1-2-4-13(5-3-1)6-17-10-14-7-15(11-17)9-16(8-14)12-17;1-11-5-8-2-9(6-11)4-10(3-8)7-11;/h2-4H,5-11H2,1H3;2-5H,6-12H2,1H3;1-5H,6-12H2;2-7H2,1H3;1H4/q4*+1;. The van der Waals surface area contributed by atoms with Gasteiger partial charge in [0.2, 0.25) is 0 Å². The molecule has 0 unspecified atom stereocenters. The van der Waals surface area contributed by atoms with Crippen LogP contribution in [-0.2, 0) is 25.8 Å². The molecule has 19 heteroatoms. The fraction of sp³-hybridized carbons (Fsp3) is 0.640. The van der Waals surface area contributed by atoms with Gasteiger partial charge in [0.05, 0.1) is 92.6 Å². The highest BCUT2D eigenvalue weighted by atomic mass is 19.4. The molecular formula is C50H79F3N16+4. The summed E-state index contributed by atoms with van der Waals surface area (Å²) in [6, 6.07) is 24.4. The van der Waals surface area contributed by atoms with Crippen LogP contribution in [0.15, 0.2) is 72.8 Å². The van der Waals surface area contributed by atoms with Crippen LogP contribution < -0.4 is 0 Å². The molecule has 0 radical (unpaired) electrons. The first-order valence-electron chi connectivity index (χ1n) is 24.9. The highest BCUT2D eigenvalue weighted by Crippen LogP contribution is 2.36. The summed E-state index contributed by atoms with van der Waals surface area (Å²) in [4.78, 5) is 30.1. The van der Waals surface area contributed by atoms with E-state index in [2.05, 4.69) is 127 Å². The topological polar surface area (TPSA) is 38.9 Å². The highest BCUT2D eigenvalue weighted by molar-refractivity contribution is 5.31. The number of halogens is 3. The van der Waals surface area contributed by atoms with Crippen LogP contribution in [-0.4, -0.2) is 244 Å². The third kappa shape index (κ3) is 10.5. The molecule has 376 valence electrons. The zero-order valence-electron chi connectivity index (χ0n) is 40.8. The average molecular weight is 961 g/mol. The number of aryl methyl sites for hydroxylation is 2. The maximum Gasteiger partial charge on any atom is 0.416 e. The minimum Gasteiger partial charge on any atom is -0.288 e. The van der Waals surface area contributed by atoms with Gasteiger partial charge in [-0.2, -0.15) is 13.2 Å². The molecule has 16 aliphatic rings. The van der Waals surface area contributed by atoms with Gasteiger partial charge in [0.15, 0.2) is 0 Å². The molecular weight excluding hydrogens is 882 g/mol. The lowest BCUT2D eigenvalue weighted by Gasteiger charge is -2.60. The first-order valence-corrected chi connectivity index (χ1v) is 24.9. The number of hydrogen-bond donors (Lipinski definition) is 0. The number of hydrogen-bond acceptors (Lipinski definition) is 12. The van der Waals surface area contributed by atoms with E-state index in [1.807, 2.05) is 6.07 Å². The van der Waals surface area contributed by atoms with E-state index in [1.54, 1.807) is 6.92 Å². The van der Waals surface area contributed by atoms with Crippen molar-refractivity contribution in [3.05, 3.63) is 106 Å². The molecule has 19 rings (SSSR count). The number of quaternary nitrogens is 4. The molecule has 16 fully saturated rings. The van der Waals surface area contributed by atoms with E-state index in [1.165, 1.54) is 175 Å². The second kappa shape index (κ2) is 18.4. The Morgan fingerprint density at radius 3 is 1.00 bits per heavy atom. The van der Waals surface area contributed by atoms with Crippen LogP contribution in [0.4, 0.5) is 13.2 Å². The molecule has 16 saturated heterocycles. The summed E-state index contributed by atoms with van der Waals surface area (Å²) in [6.07, 6.45) is -4.27. The van der Waals surface area contributed by atoms with E-state index in [0.29, 0.717) is 12.1 Å². The van der Waals surface area contributed by atoms with E-state index in [4.69, 9.17) is 0 Å². The third-order valence-corrected chi connectivity index (χ3v) is 15.9. The monoisotopic (exact) mass is 961 g/mol. The molecule has 16 nitrogen and oxygen atoms in total. The van der Waals surface area contributed by atoms with Gasteiger partial charge < -0.3 is 0 Å². The lowest BCUT2D eigenvalue weighted by Crippen LogP contribution is -2.78. The second-order valence-corrected chi connectivity index (χ2v) is 23.7. The second-order valence-electron chi connectivity index (χ2n) is 23.7. The van der Waals surface area contributed by atoms with Gasteiger partial charge >= 0.3 is 6.18 Å². The molecule has 0 N–H and O–H groups in total. The molecule has 3 aromatic rings. The zero-order chi connectivity index (χ0) is 46.5. The first kappa shape index (κ1) is 48.1. The first-order chi connectivity index (χ1) is 32.6. The Hall–Kier alpha value is -3.19. The number of benzene rings is 3. The van der Waals surface area contributed by atoms with E-state index in [-0.39, 0.29) is 7.43 Å². The Labute approximate surface area is 409 Å². The maximum absolute atomic E-state index is 13.0. The molecule has 3 aromatic carbocycles. The van der Waals surface area contributed by atoms with Crippen molar-refractivity contribution >= 4 is 0 Å². The van der Waals surface area contributed by atoms with E-state index in [0.717, 1.165) is 50.1 Å². The summed E-state index contributed by atoms with van der Waals surface area (Å²) >= 11 is 0. The molecule has 0 saturated carbocycles. The van der Waals surface area contributed by atoms with E-state index in [9.17, 15) is 13.2 Å². The van der Waals surface area contributed by atoms with Crippen molar-refractivity contribution in [2.75, 3.05) is 167 Å². The van der Waals surface area contributed by atoms with Crippen molar-refractivity contribution < 1.29 is 31.1 Å². The normalized spacial score (nSPS) is 42.7. The Balaban J connectivity index is 0.000000102. The zero-order valence-corrected chi connectivity index (χ0v) is 40.8. The van der Waals surface area contributed by atoms with Crippen LogP contribution in [0.1, 0.15) is 40.8 Å². The van der Waals surface area contributed by atoms with Crippen LogP contribution in [0.25, 0.3) is 0 Å². The predicted molar refractivity (Wildman–Crippen MR) is 257 cm³/mol. The summed E-state index contributed by atoms with van der Waals surface area (Å²) in [5, 5.41) is 0. The smallest absolute Gasteiger partial charge is 0.288 e. The van der Waals surface area contributed by atoms with E-state index < -0.39 is 11.7 Å². The van der Waals surface area contributed by atoms with Gasteiger partial charge in [-0.1, -0.05) is 79.2 Å². The average Bonchev–Trinajstić information content (AvgIpc) is 3.22. The van der Waals surface area contributed by atoms with Crippen LogP contribution in [0.3, 0.4) is 0 Å². The number of rotatable bonds is 6. The molecule has 16 heterocycles. The number of alkyl halides is 3. The summed E-state index contributed by atoms with van der Waals surface area (Å²) in [7, 11) is 2.35. The largest absolute Gasteiger partial charge is 0.416 e. The molecule has 16 bridgehead atoms. The Bertz CT molecular complexity index is 2140.